The van der Waals surface area contributed by atoms with Crippen molar-refractivity contribution >= 4 is 17.5 Å². The van der Waals surface area contributed by atoms with Crippen LogP contribution >= 0.6 is 11.8 Å². The summed E-state index contributed by atoms with van der Waals surface area (Å²) in [4.78, 5) is 14.7. The van der Waals surface area contributed by atoms with Crippen LogP contribution in [0.2, 0.25) is 0 Å². The van der Waals surface area contributed by atoms with E-state index in [0.717, 1.165) is 17.7 Å². The van der Waals surface area contributed by atoms with E-state index in [9.17, 15) is 4.79 Å². The average Bonchev–Trinajstić information content (AvgIpc) is 2.43. The molecule has 2 nitrogen and oxygen atoms in total. The molecule has 0 N–H and O–H groups in total. The Hall–Kier alpha value is -0.800. The van der Waals surface area contributed by atoms with Crippen molar-refractivity contribution < 1.29 is 4.79 Å². The van der Waals surface area contributed by atoms with Crippen LogP contribution in [0.15, 0.2) is 24.3 Å². The number of Topliss-reactive ketones (excluding diaryl/α,β-unsaturated/α-hetero) is 1. The second kappa shape index (κ2) is 7.71. The number of hydrogen-bond acceptors (Lipinski definition) is 3. The third-order valence-electron chi connectivity index (χ3n) is 3.73. The highest BCUT2D eigenvalue weighted by Crippen LogP contribution is 2.15. The number of ketones is 1. The molecule has 0 amide bonds. The molecule has 0 saturated carbocycles. The zero-order chi connectivity index (χ0) is 14.4. The van der Waals surface area contributed by atoms with Crippen molar-refractivity contribution in [3.05, 3.63) is 35.4 Å². The molecular weight excluding hydrogens is 254 g/mol. The number of likely N-dealkylation sites (N-methyl/N-ethyl adjacent to an activating group) is 1. The predicted molar refractivity (Wildman–Crippen MR) is 85.2 cm³/mol. The standard InChI is InChI=1S/C16H25NOS/c1-6-15(11-19-5)17(4)13(3)16(18)14-9-7-12(2)8-10-14/h7-10,13,15H,6,11H2,1-5H3. The number of carbonyl (C=O) groups is 1. The zero-order valence-corrected chi connectivity index (χ0v) is 13.5. The Bertz CT molecular complexity index is 402. The van der Waals surface area contributed by atoms with Crippen LogP contribution in [-0.4, -0.2) is 41.8 Å². The normalized spacial score (nSPS) is 14.4. The molecule has 0 aromatic heterocycles. The van der Waals surface area contributed by atoms with E-state index in [1.807, 2.05) is 49.9 Å². The summed E-state index contributed by atoms with van der Waals surface area (Å²) < 4.78 is 0. The molecule has 2 atom stereocenters. The molecule has 0 spiro atoms. The van der Waals surface area contributed by atoms with Crippen molar-refractivity contribution in [3.8, 4) is 0 Å². The van der Waals surface area contributed by atoms with Crippen LogP contribution in [0.25, 0.3) is 0 Å². The smallest absolute Gasteiger partial charge is 0.179 e. The van der Waals surface area contributed by atoms with Gasteiger partial charge in [0.15, 0.2) is 5.78 Å². The van der Waals surface area contributed by atoms with E-state index in [1.54, 1.807) is 0 Å². The quantitative estimate of drug-likeness (QED) is 0.711. The third kappa shape index (κ3) is 4.36. The minimum absolute atomic E-state index is 0.0696. The Balaban J connectivity index is 2.78. The van der Waals surface area contributed by atoms with Crippen LogP contribution in [0, 0.1) is 6.92 Å². The Morgan fingerprint density at radius 3 is 2.37 bits per heavy atom. The van der Waals surface area contributed by atoms with E-state index in [0.29, 0.717) is 6.04 Å². The first-order valence-corrected chi connectivity index (χ1v) is 8.22. The summed E-state index contributed by atoms with van der Waals surface area (Å²) in [7, 11) is 2.06. The lowest BCUT2D eigenvalue weighted by Crippen LogP contribution is -2.44. The average molecular weight is 279 g/mol. The molecule has 19 heavy (non-hydrogen) atoms. The predicted octanol–water partition coefficient (Wildman–Crippen LogP) is 3.64. The lowest BCUT2D eigenvalue weighted by atomic mass is 10.0. The lowest BCUT2D eigenvalue weighted by molar-refractivity contribution is 0.0827. The molecule has 0 aliphatic heterocycles. The van der Waals surface area contributed by atoms with E-state index < -0.39 is 0 Å². The number of rotatable bonds is 7. The second-order valence-corrected chi connectivity index (χ2v) is 6.00. The van der Waals surface area contributed by atoms with Gasteiger partial charge >= 0.3 is 0 Å². The van der Waals surface area contributed by atoms with E-state index in [-0.39, 0.29) is 11.8 Å². The molecule has 0 heterocycles. The molecule has 3 heteroatoms. The molecule has 0 fully saturated rings. The van der Waals surface area contributed by atoms with Gasteiger partial charge in [0.1, 0.15) is 0 Å². The number of nitrogens with zero attached hydrogens (tertiary/aromatic N) is 1. The highest BCUT2D eigenvalue weighted by Gasteiger charge is 2.24. The van der Waals surface area contributed by atoms with Crippen LogP contribution in [0.4, 0.5) is 0 Å². The van der Waals surface area contributed by atoms with Crippen molar-refractivity contribution in [2.75, 3.05) is 19.1 Å². The highest BCUT2D eigenvalue weighted by atomic mass is 32.2. The third-order valence-corrected chi connectivity index (χ3v) is 4.45. The van der Waals surface area contributed by atoms with Gasteiger partial charge in [-0.25, -0.2) is 0 Å². The number of hydrogen-bond donors (Lipinski definition) is 0. The van der Waals surface area contributed by atoms with E-state index in [4.69, 9.17) is 0 Å². The maximum absolute atomic E-state index is 12.5. The fraction of sp³-hybridized carbons (Fsp3) is 0.562. The van der Waals surface area contributed by atoms with Gasteiger partial charge in [-0.05, 0) is 33.6 Å². The lowest BCUT2D eigenvalue weighted by Gasteiger charge is -2.31. The fourth-order valence-electron chi connectivity index (χ4n) is 2.18. The van der Waals surface area contributed by atoms with Crippen molar-refractivity contribution in [2.45, 2.75) is 39.3 Å². The van der Waals surface area contributed by atoms with Gasteiger partial charge in [0.25, 0.3) is 0 Å². The summed E-state index contributed by atoms with van der Waals surface area (Å²) in [5.41, 5.74) is 2.00. The molecule has 106 valence electrons. The SMILES string of the molecule is CCC(CSC)N(C)C(C)C(=O)c1ccc(C)cc1. The fourth-order valence-corrected chi connectivity index (χ4v) is 3.03. The minimum atomic E-state index is -0.0696. The van der Waals surface area contributed by atoms with Crippen LogP contribution in [-0.2, 0) is 0 Å². The zero-order valence-electron chi connectivity index (χ0n) is 12.6. The van der Waals surface area contributed by atoms with Gasteiger partial charge in [-0.15, -0.1) is 0 Å². The summed E-state index contributed by atoms with van der Waals surface area (Å²) in [6.45, 7) is 6.22. The number of thioether (sulfide) groups is 1. The molecular formula is C16H25NOS. The van der Waals surface area contributed by atoms with Crippen LogP contribution in [0.5, 0.6) is 0 Å². The molecule has 0 radical (unpaired) electrons. The first-order valence-electron chi connectivity index (χ1n) is 6.83. The van der Waals surface area contributed by atoms with Crippen molar-refractivity contribution in [3.63, 3.8) is 0 Å². The van der Waals surface area contributed by atoms with Crippen molar-refractivity contribution in [2.24, 2.45) is 0 Å². The topological polar surface area (TPSA) is 20.3 Å². The van der Waals surface area contributed by atoms with E-state index >= 15 is 0 Å². The number of carbonyl (C=O) groups excluding carboxylic acids is 1. The van der Waals surface area contributed by atoms with Gasteiger partial charge < -0.3 is 0 Å². The Morgan fingerprint density at radius 1 is 1.32 bits per heavy atom. The van der Waals surface area contributed by atoms with Gasteiger partial charge in [0.05, 0.1) is 6.04 Å². The van der Waals surface area contributed by atoms with Crippen molar-refractivity contribution in [1.82, 2.24) is 4.90 Å². The van der Waals surface area contributed by atoms with Crippen LogP contribution in [0.3, 0.4) is 0 Å². The molecule has 1 rings (SSSR count). The maximum Gasteiger partial charge on any atom is 0.179 e. The molecule has 0 bridgehead atoms. The highest BCUT2D eigenvalue weighted by molar-refractivity contribution is 7.98. The Kier molecular flexibility index (Phi) is 6.59. The number of aryl methyl sites for hydroxylation is 1. The summed E-state index contributed by atoms with van der Waals surface area (Å²) in [5, 5.41) is 0. The van der Waals surface area contributed by atoms with Crippen LogP contribution in [0.1, 0.15) is 36.2 Å². The molecule has 1 aromatic rings. The van der Waals surface area contributed by atoms with E-state index in [2.05, 4.69) is 25.1 Å². The van der Waals surface area contributed by atoms with Gasteiger partial charge in [-0.1, -0.05) is 36.8 Å². The van der Waals surface area contributed by atoms with Gasteiger partial charge in [0, 0.05) is 17.4 Å². The van der Waals surface area contributed by atoms with E-state index in [1.165, 1.54) is 5.56 Å². The molecule has 1 aromatic carbocycles. The van der Waals surface area contributed by atoms with Gasteiger partial charge in [-0.3, -0.25) is 9.69 Å². The molecule has 0 aliphatic rings. The summed E-state index contributed by atoms with van der Waals surface area (Å²) in [6, 6.07) is 8.24. The summed E-state index contributed by atoms with van der Waals surface area (Å²) >= 11 is 1.84. The maximum atomic E-state index is 12.5. The summed E-state index contributed by atoms with van der Waals surface area (Å²) in [6.07, 6.45) is 3.19. The Morgan fingerprint density at radius 2 is 1.89 bits per heavy atom. The van der Waals surface area contributed by atoms with Gasteiger partial charge in [0.2, 0.25) is 0 Å². The first kappa shape index (κ1) is 16.3. The monoisotopic (exact) mass is 279 g/mol. The van der Waals surface area contributed by atoms with Gasteiger partial charge in [-0.2, -0.15) is 11.8 Å². The summed E-state index contributed by atoms with van der Waals surface area (Å²) in [5.74, 6) is 1.28. The molecule has 0 aliphatic carbocycles. The molecule has 0 saturated heterocycles. The minimum Gasteiger partial charge on any atom is -0.293 e. The number of benzene rings is 1. The Labute approximate surface area is 121 Å². The van der Waals surface area contributed by atoms with Crippen molar-refractivity contribution in [1.29, 1.82) is 0 Å². The second-order valence-electron chi connectivity index (χ2n) is 5.09. The largest absolute Gasteiger partial charge is 0.293 e. The van der Waals surface area contributed by atoms with Crippen LogP contribution < -0.4 is 0 Å². The molecule has 2 unspecified atom stereocenters. The first-order chi connectivity index (χ1) is 9.01.